The summed E-state index contributed by atoms with van der Waals surface area (Å²) in [4.78, 5) is 3.57. The van der Waals surface area contributed by atoms with E-state index < -0.39 is 79.8 Å². The summed E-state index contributed by atoms with van der Waals surface area (Å²) < 4.78 is 134. The Kier molecular flexibility index (Phi) is 1.47. The molecule has 0 aliphatic carbocycles. The molecule has 1 aliphatic heterocycles. The number of imidazole rings is 1. The Morgan fingerprint density at radius 3 is 2.65 bits per heavy atom. The topological polar surface area (TPSA) is 21.1 Å². The number of hydrogen-bond donors (Lipinski definition) is 0. The average Bonchev–Trinajstić information content (AvgIpc) is 3.26. The third-order valence-corrected chi connectivity index (χ3v) is 3.25. The van der Waals surface area contributed by atoms with Gasteiger partial charge in [0, 0.05) is 22.5 Å². The lowest BCUT2D eigenvalue weighted by molar-refractivity contribution is 0.318. The van der Waals surface area contributed by atoms with Gasteiger partial charge in [-0.2, -0.15) is 0 Å². The van der Waals surface area contributed by atoms with Crippen LogP contribution in [0, 0.1) is 0 Å². The number of rotatable bonds is 4. The first-order chi connectivity index (χ1) is 17.5. The number of benzene rings is 2. The Balaban J connectivity index is 2.17. The van der Waals surface area contributed by atoms with Crippen molar-refractivity contribution in [2.45, 2.75) is 25.7 Å². The number of likely N-dealkylation sites (tertiary alicyclic amines) is 1. The summed E-state index contributed by atoms with van der Waals surface area (Å²) in [5.74, 6) is -1.15. The van der Waals surface area contributed by atoms with Crippen LogP contribution in [0.3, 0.4) is 0 Å². The van der Waals surface area contributed by atoms with Crippen LogP contribution >= 0.6 is 11.6 Å². The van der Waals surface area contributed by atoms with Gasteiger partial charge in [0.1, 0.15) is 5.82 Å². The van der Waals surface area contributed by atoms with Crippen molar-refractivity contribution in [1.29, 1.82) is 0 Å². The van der Waals surface area contributed by atoms with Crippen molar-refractivity contribution < 1.29 is 21.9 Å². The molecule has 118 valence electrons. The zero-order chi connectivity index (χ0) is 29.9. The van der Waals surface area contributed by atoms with E-state index in [2.05, 4.69) is 4.98 Å². The van der Waals surface area contributed by atoms with Crippen molar-refractivity contribution in [3.8, 4) is 0 Å². The highest BCUT2D eigenvalue weighted by atomic mass is 35.5. The average molecular weight is 342 g/mol. The Bertz CT molecular complexity index is 1450. The molecule has 4 rings (SSSR count). The van der Waals surface area contributed by atoms with Gasteiger partial charge < -0.3 is 4.57 Å². The van der Waals surface area contributed by atoms with Gasteiger partial charge >= 0.3 is 0 Å². The molecule has 0 atom stereocenters. The molecular weight excluding hydrogens is 306 g/mol. The molecule has 0 radical (unpaired) electrons. The second kappa shape index (κ2) is 6.34. The first kappa shape index (κ1) is 5.33. The Labute approximate surface area is 164 Å². The smallest absolute Gasteiger partial charge is 0.124 e. The number of fused-ring (bicyclic) bond motifs is 1. The molecule has 1 fully saturated rings. The van der Waals surface area contributed by atoms with Crippen LogP contribution in [-0.4, -0.2) is 27.4 Å². The highest BCUT2D eigenvalue weighted by Gasteiger charge is 2.17. The van der Waals surface area contributed by atoms with Gasteiger partial charge in [0.15, 0.2) is 0 Å². The second-order valence-corrected chi connectivity index (χ2v) is 4.94. The highest BCUT2D eigenvalue weighted by molar-refractivity contribution is 6.30. The first-order valence-corrected chi connectivity index (χ1v) is 6.93. The molecule has 0 unspecified atom stereocenters. The summed E-state index contributed by atoms with van der Waals surface area (Å²) in [6, 6.07) is 1.83. The number of hydrogen-bond acceptors (Lipinski definition) is 2. The lowest BCUT2D eigenvalue weighted by atomic mass is 10.2. The van der Waals surface area contributed by atoms with Crippen LogP contribution in [0.5, 0.6) is 0 Å². The lowest BCUT2D eigenvalue weighted by Crippen LogP contribution is -2.21. The van der Waals surface area contributed by atoms with E-state index in [4.69, 9.17) is 33.5 Å². The Morgan fingerprint density at radius 2 is 1.87 bits per heavy atom. The number of para-hydroxylation sites is 2. The van der Waals surface area contributed by atoms with Crippen molar-refractivity contribution in [2.75, 3.05) is 13.0 Å². The maximum atomic E-state index is 8.89. The third kappa shape index (κ3) is 3.12. The molecule has 4 heteroatoms. The minimum Gasteiger partial charge on any atom is -0.322 e. The van der Waals surface area contributed by atoms with E-state index in [0.29, 0.717) is 4.57 Å². The first-order valence-electron chi connectivity index (χ1n) is 14.5. The molecule has 0 amide bonds. The van der Waals surface area contributed by atoms with Crippen LogP contribution < -0.4 is 0 Å². The number of nitrogens with zero attached hydrogens (tertiary/aromatic N) is 3. The molecule has 0 bridgehead atoms. The Morgan fingerprint density at radius 1 is 1.13 bits per heavy atom. The van der Waals surface area contributed by atoms with Gasteiger partial charge in [-0.25, -0.2) is 4.98 Å². The summed E-state index contributed by atoms with van der Waals surface area (Å²) in [5.41, 5.74) is -1.45. The van der Waals surface area contributed by atoms with Crippen LogP contribution in [0.1, 0.15) is 46.1 Å². The summed E-state index contributed by atoms with van der Waals surface area (Å²) in [7, 11) is 0. The predicted molar refractivity (Wildman–Crippen MR) is 94.8 cm³/mol. The van der Waals surface area contributed by atoms with Gasteiger partial charge in [0.25, 0.3) is 0 Å². The molecule has 2 heterocycles. The van der Waals surface area contributed by atoms with Crippen molar-refractivity contribution in [2.24, 2.45) is 0 Å². The van der Waals surface area contributed by atoms with E-state index >= 15 is 0 Å². The van der Waals surface area contributed by atoms with Crippen molar-refractivity contribution in [3.05, 3.63) is 64.8 Å². The van der Waals surface area contributed by atoms with Gasteiger partial charge in [-0.3, -0.25) is 4.90 Å². The van der Waals surface area contributed by atoms with E-state index in [1.165, 1.54) is 24.3 Å². The fourth-order valence-corrected chi connectivity index (χ4v) is 2.12. The van der Waals surface area contributed by atoms with Gasteiger partial charge in [-0.1, -0.05) is 35.8 Å². The maximum absolute atomic E-state index is 8.89. The van der Waals surface area contributed by atoms with Crippen molar-refractivity contribution >= 4 is 22.6 Å². The zero-order valence-corrected chi connectivity index (χ0v) is 12.3. The summed E-state index contributed by atoms with van der Waals surface area (Å²) in [6.07, 6.45) is -7.24. The number of aromatic nitrogens is 2. The quantitative estimate of drug-likeness (QED) is 0.704. The van der Waals surface area contributed by atoms with Gasteiger partial charge in [0.05, 0.1) is 28.5 Å². The van der Waals surface area contributed by atoms with Gasteiger partial charge in [-0.15, -0.1) is 0 Å². The second-order valence-electron chi connectivity index (χ2n) is 4.51. The summed E-state index contributed by atoms with van der Waals surface area (Å²) in [5, 5.41) is 0.213. The van der Waals surface area contributed by atoms with E-state index in [-0.39, 0.29) is 15.5 Å². The van der Waals surface area contributed by atoms with Crippen molar-refractivity contribution in [1.82, 2.24) is 14.5 Å². The third-order valence-electron chi connectivity index (χ3n) is 3.00. The van der Waals surface area contributed by atoms with E-state index in [1.54, 1.807) is 0 Å². The monoisotopic (exact) mass is 341 g/mol. The minimum atomic E-state index is -3.67. The largest absolute Gasteiger partial charge is 0.322 e. The van der Waals surface area contributed by atoms with E-state index in [9.17, 15) is 0 Å². The molecular formula is C19H20ClN3. The normalized spacial score (nSPS) is 35.7. The van der Waals surface area contributed by atoms with Crippen LogP contribution in [0.25, 0.3) is 11.0 Å². The molecule has 3 aromatic rings. The SMILES string of the molecule is [2H]c1c([2H])c([2H])c2c(nc(C([2H])([2H])N3C([2H])([2H])C([2H])([2H])C([2H])([2H])C3([2H])[2H])n2C([2H])([2H])c2ccc(Cl)cc2)c1[2H]. The zero-order valence-electron chi connectivity index (χ0n) is 27.5. The highest BCUT2D eigenvalue weighted by Crippen LogP contribution is 2.21. The Hall–Kier alpha value is -1.84. The van der Waals surface area contributed by atoms with Crippen molar-refractivity contribution in [3.63, 3.8) is 0 Å². The molecule has 1 aromatic heterocycles. The molecule has 2 aromatic carbocycles. The fraction of sp³-hybridized carbons (Fsp3) is 0.316. The fourth-order valence-electron chi connectivity index (χ4n) is 1.99. The van der Waals surface area contributed by atoms with Crippen LogP contribution in [-0.2, 0) is 13.0 Å². The van der Waals surface area contributed by atoms with Gasteiger partial charge in [0.2, 0.25) is 0 Å². The van der Waals surface area contributed by atoms with Gasteiger partial charge in [-0.05, 0) is 55.5 Å². The summed E-state index contributed by atoms with van der Waals surface area (Å²) in [6.45, 7) is -13.9. The minimum absolute atomic E-state index is 0.200. The molecule has 23 heavy (non-hydrogen) atoms. The maximum Gasteiger partial charge on any atom is 0.124 e. The summed E-state index contributed by atoms with van der Waals surface area (Å²) >= 11 is 5.91. The van der Waals surface area contributed by atoms with E-state index in [0.717, 1.165) is 0 Å². The molecule has 1 saturated heterocycles. The van der Waals surface area contributed by atoms with Crippen LogP contribution in [0.2, 0.25) is 5.02 Å². The van der Waals surface area contributed by atoms with E-state index in [1.807, 2.05) is 0 Å². The number of halogens is 1. The lowest BCUT2D eigenvalue weighted by Gasteiger charge is -2.16. The molecule has 0 N–H and O–H groups in total. The molecule has 3 nitrogen and oxygen atoms in total. The predicted octanol–water partition coefficient (Wildman–Crippen LogP) is 4.33. The van der Waals surface area contributed by atoms with Crippen LogP contribution in [0.4, 0.5) is 0 Å². The molecule has 1 aliphatic rings. The standard InChI is InChI=1S/C19H20ClN3/c20-16-9-7-15(8-10-16)13-23-18-6-2-1-5-17(18)21-19(23)14-22-11-3-4-12-22/h1-2,5-10H,3-4,11-14H2/i1D,2D,3D2,4D2,5D,6D,11D2,12D2,13D2,14D2. The molecule has 0 spiro atoms. The molecule has 0 saturated carbocycles. The van der Waals surface area contributed by atoms with Crippen LogP contribution in [0.15, 0.2) is 48.4 Å².